The maximum absolute atomic E-state index is 13.0. The average Bonchev–Trinajstić information content (AvgIpc) is 2.83. The normalized spacial score (nSPS) is 10.3. The van der Waals surface area contributed by atoms with Crippen molar-refractivity contribution in [3.63, 3.8) is 0 Å². The Morgan fingerprint density at radius 3 is 2.21 bits per heavy atom. The van der Waals surface area contributed by atoms with Crippen LogP contribution in [0.25, 0.3) is 0 Å². The van der Waals surface area contributed by atoms with Crippen LogP contribution in [0.2, 0.25) is 5.02 Å². The van der Waals surface area contributed by atoms with E-state index in [9.17, 15) is 14.4 Å². The number of thiol groups is 1. The van der Waals surface area contributed by atoms with E-state index < -0.39 is 17.7 Å². The number of nitrogens with one attached hydrogen (secondary N) is 1. The van der Waals surface area contributed by atoms with Crippen LogP contribution in [0, 0.1) is 0 Å². The second kappa shape index (κ2) is 10.3. The molecule has 0 aliphatic carbocycles. The van der Waals surface area contributed by atoms with Crippen LogP contribution >= 0.6 is 24.4 Å². The highest BCUT2D eigenvalue weighted by molar-refractivity contribution is 7.82. The number of hydrogen-bond donors (Lipinski definition) is 3. The third kappa shape index (κ3) is 5.21. The van der Waals surface area contributed by atoms with Gasteiger partial charge in [-0.2, -0.15) is 0 Å². The van der Waals surface area contributed by atoms with Gasteiger partial charge in [0, 0.05) is 17.2 Å². The van der Waals surface area contributed by atoms with Crippen LogP contribution in [0.3, 0.4) is 0 Å². The SMILES string of the molecule is COc1cc(OC)c(NC(=O)N(S)c2ccc(C(N)=O)c(C(=O)c3ccccc3)c2)cc1Cl. The summed E-state index contributed by atoms with van der Waals surface area (Å²) >= 11 is 10.4. The first-order valence-electron chi connectivity index (χ1n) is 9.52. The molecule has 0 heterocycles. The summed E-state index contributed by atoms with van der Waals surface area (Å²) in [7, 11) is 2.89. The van der Waals surface area contributed by atoms with E-state index in [1.54, 1.807) is 30.3 Å². The second-order valence-electron chi connectivity index (χ2n) is 6.72. The van der Waals surface area contributed by atoms with Gasteiger partial charge in [-0.25, -0.2) is 9.10 Å². The number of rotatable bonds is 7. The molecule has 0 unspecified atom stereocenters. The van der Waals surface area contributed by atoms with Crippen molar-refractivity contribution in [1.82, 2.24) is 0 Å². The predicted octanol–water partition coefficient (Wildman–Crippen LogP) is 4.57. The molecule has 33 heavy (non-hydrogen) atoms. The Labute approximate surface area is 200 Å². The van der Waals surface area contributed by atoms with Crippen molar-refractivity contribution in [2.45, 2.75) is 0 Å². The molecule has 0 fully saturated rings. The molecule has 3 aromatic carbocycles. The Hall–Kier alpha value is -3.69. The number of halogens is 1. The zero-order chi connectivity index (χ0) is 24.1. The molecule has 0 bridgehead atoms. The molecule has 0 spiro atoms. The van der Waals surface area contributed by atoms with Crippen molar-refractivity contribution in [1.29, 1.82) is 0 Å². The van der Waals surface area contributed by atoms with Crippen molar-refractivity contribution in [2.75, 3.05) is 23.8 Å². The molecule has 3 amide bonds. The van der Waals surface area contributed by atoms with Gasteiger partial charge in [-0.3, -0.25) is 9.59 Å². The van der Waals surface area contributed by atoms with E-state index in [4.69, 9.17) is 26.8 Å². The van der Waals surface area contributed by atoms with Crippen molar-refractivity contribution < 1.29 is 23.9 Å². The topological polar surface area (TPSA) is 111 Å². The van der Waals surface area contributed by atoms with Gasteiger partial charge in [0.05, 0.1) is 36.2 Å². The van der Waals surface area contributed by atoms with Crippen LogP contribution in [0.15, 0.2) is 60.7 Å². The number of anilines is 2. The smallest absolute Gasteiger partial charge is 0.336 e. The Morgan fingerprint density at radius 2 is 1.61 bits per heavy atom. The lowest BCUT2D eigenvalue weighted by Gasteiger charge is -2.19. The number of methoxy groups -OCH3 is 2. The number of hydrogen-bond acceptors (Lipinski definition) is 6. The summed E-state index contributed by atoms with van der Waals surface area (Å²) < 4.78 is 11.4. The lowest BCUT2D eigenvalue weighted by Crippen LogP contribution is -2.27. The average molecular weight is 486 g/mol. The van der Waals surface area contributed by atoms with Crippen LogP contribution in [-0.2, 0) is 0 Å². The van der Waals surface area contributed by atoms with Gasteiger partial charge in [0.15, 0.2) is 5.78 Å². The first kappa shape index (κ1) is 24.0. The fraction of sp³-hybridized carbons (Fsp3) is 0.0870. The highest BCUT2D eigenvalue weighted by atomic mass is 35.5. The van der Waals surface area contributed by atoms with E-state index in [0.717, 1.165) is 4.31 Å². The molecule has 3 rings (SSSR count). The zero-order valence-electron chi connectivity index (χ0n) is 17.7. The molecule has 3 aromatic rings. The molecule has 0 radical (unpaired) electrons. The van der Waals surface area contributed by atoms with Gasteiger partial charge in [0.1, 0.15) is 11.5 Å². The quantitative estimate of drug-likeness (QED) is 0.335. The molecular formula is C23H20ClN3O5S. The summed E-state index contributed by atoms with van der Waals surface area (Å²) in [4.78, 5) is 37.7. The summed E-state index contributed by atoms with van der Waals surface area (Å²) in [5.74, 6) is -0.499. The Balaban J connectivity index is 1.93. The van der Waals surface area contributed by atoms with Gasteiger partial charge in [-0.05, 0) is 24.3 Å². The summed E-state index contributed by atoms with van der Waals surface area (Å²) in [6.07, 6.45) is 0. The van der Waals surface area contributed by atoms with Crippen molar-refractivity contribution >= 4 is 53.5 Å². The van der Waals surface area contributed by atoms with Gasteiger partial charge in [-0.15, -0.1) is 0 Å². The number of ketones is 1. The number of nitrogens with zero attached hydrogens (tertiary/aromatic N) is 1. The number of carbonyl (C=O) groups is 3. The van der Waals surface area contributed by atoms with Crippen LogP contribution < -0.4 is 24.8 Å². The predicted molar refractivity (Wildman–Crippen MR) is 130 cm³/mol. The largest absolute Gasteiger partial charge is 0.495 e. The van der Waals surface area contributed by atoms with E-state index in [0.29, 0.717) is 17.1 Å². The molecule has 170 valence electrons. The van der Waals surface area contributed by atoms with Gasteiger partial charge >= 0.3 is 6.03 Å². The monoisotopic (exact) mass is 485 g/mol. The lowest BCUT2D eigenvalue weighted by molar-refractivity contribution is 0.0981. The van der Waals surface area contributed by atoms with Crippen LogP contribution in [0.1, 0.15) is 26.3 Å². The number of benzene rings is 3. The zero-order valence-corrected chi connectivity index (χ0v) is 19.3. The Morgan fingerprint density at radius 1 is 0.939 bits per heavy atom. The molecule has 10 heteroatoms. The maximum atomic E-state index is 13.0. The molecular weight excluding hydrogens is 466 g/mol. The molecule has 0 saturated carbocycles. The fourth-order valence-electron chi connectivity index (χ4n) is 3.05. The highest BCUT2D eigenvalue weighted by Crippen LogP contribution is 2.36. The van der Waals surface area contributed by atoms with Crippen LogP contribution in [-0.4, -0.2) is 31.9 Å². The Bertz CT molecular complexity index is 1220. The Kier molecular flexibility index (Phi) is 7.47. The summed E-state index contributed by atoms with van der Waals surface area (Å²) in [5, 5.41) is 2.90. The van der Waals surface area contributed by atoms with Crippen LogP contribution in [0.5, 0.6) is 11.5 Å². The molecule has 0 saturated heterocycles. The minimum absolute atomic E-state index is 0.0263. The number of primary amides is 1. The van der Waals surface area contributed by atoms with Crippen molar-refractivity contribution in [3.8, 4) is 11.5 Å². The lowest BCUT2D eigenvalue weighted by atomic mass is 9.97. The number of amides is 3. The van der Waals surface area contributed by atoms with E-state index in [1.165, 1.54) is 44.6 Å². The molecule has 3 N–H and O–H groups in total. The molecule has 0 aliphatic rings. The number of nitrogens with two attached hydrogens (primary N) is 1. The molecule has 0 aromatic heterocycles. The second-order valence-corrected chi connectivity index (χ2v) is 7.53. The summed E-state index contributed by atoms with van der Waals surface area (Å²) in [6.45, 7) is 0. The van der Waals surface area contributed by atoms with E-state index in [2.05, 4.69) is 18.1 Å². The first-order chi connectivity index (χ1) is 15.8. The number of carbonyl (C=O) groups excluding carboxylic acids is 3. The van der Waals surface area contributed by atoms with Crippen molar-refractivity contribution in [3.05, 3.63) is 82.4 Å². The third-order valence-corrected chi connectivity index (χ3v) is 5.41. The minimum Gasteiger partial charge on any atom is -0.495 e. The maximum Gasteiger partial charge on any atom is 0.336 e. The van der Waals surface area contributed by atoms with E-state index in [-0.39, 0.29) is 27.5 Å². The van der Waals surface area contributed by atoms with Gasteiger partial charge < -0.3 is 20.5 Å². The molecule has 8 nitrogen and oxygen atoms in total. The molecule has 0 atom stereocenters. The number of urea groups is 1. The summed E-state index contributed by atoms with van der Waals surface area (Å²) in [5.41, 5.74) is 6.40. The highest BCUT2D eigenvalue weighted by Gasteiger charge is 2.22. The minimum atomic E-state index is -0.770. The standard InChI is InChI=1S/C23H20ClN3O5S/c1-31-19-12-20(32-2)18(11-17(19)24)26-23(30)27(33)14-8-9-15(22(25)29)16(10-14)21(28)13-6-4-3-5-7-13/h3-12,33H,1-2H3,(H2,25,29)(H,26,30). The summed E-state index contributed by atoms with van der Waals surface area (Å²) in [6, 6.07) is 14.9. The van der Waals surface area contributed by atoms with Gasteiger partial charge in [0.25, 0.3) is 0 Å². The van der Waals surface area contributed by atoms with E-state index >= 15 is 0 Å². The molecule has 0 aliphatic heterocycles. The van der Waals surface area contributed by atoms with Gasteiger partial charge in [-0.1, -0.05) is 54.7 Å². The number of ether oxygens (including phenoxy) is 2. The van der Waals surface area contributed by atoms with E-state index in [1.807, 2.05) is 0 Å². The first-order valence-corrected chi connectivity index (χ1v) is 10.3. The van der Waals surface area contributed by atoms with Gasteiger partial charge in [0.2, 0.25) is 5.91 Å². The van der Waals surface area contributed by atoms with Crippen LogP contribution in [0.4, 0.5) is 16.2 Å². The third-order valence-electron chi connectivity index (χ3n) is 4.70. The fourth-order valence-corrected chi connectivity index (χ4v) is 3.47. The van der Waals surface area contributed by atoms with Crippen molar-refractivity contribution in [2.24, 2.45) is 5.73 Å².